The highest BCUT2D eigenvalue weighted by Gasteiger charge is 2.19. The van der Waals surface area contributed by atoms with Crippen LogP contribution in [-0.4, -0.2) is 32.6 Å². The number of aromatic carboxylic acids is 1. The van der Waals surface area contributed by atoms with Crippen LogP contribution in [0.25, 0.3) is 16.9 Å². The summed E-state index contributed by atoms with van der Waals surface area (Å²) in [6.45, 7) is 1.69. The first-order valence-electron chi connectivity index (χ1n) is 8.86. The zero-order chi connectivity index (χ0) is 21.4. The molecule has 2 N–H and O–H groups in total. The highest BCUT2D eigenvalue weighted by Crippen LogP contribution is 2.31. The minimum Gasteiger partial charge on any atom is -0.494 e. The molecule has 0 spiro atoms. The molecule has 0 bridgehead atoms. The summed E-state index contributed by atoms with van der Waals surface area (Å²) >= 11 is 0. The average molecular weight is 410 g/mol. The van der Waals surface area contributed by atoms with Crippen LogP contribution >= 0.6 is 0 Å². The fourth-order valence-corrected chi connectivity index (χ4v) is 3.21. The van der Waals surface area contributed by atoms with Crippen LogP contribution in [0.15, 0.2) is 48.9 Å². The molecule has 0 aliphatic heterocycles. The fraction of sp³-hybridized carbons (Fsp3) is 0.0952. The molecule has 2 heterocycles. The van der Waals surface area contributed by atoms with Crippen LogP contribution in [-0.2, 0) is 0 Å². The van der Waals surface area contributed by atoms with Gasteiger partial charge < -0.3 is 15.2 Å². The van der Waals surface area contributed by atoms with Gasteiger partial charge in [-0.2, -0.15) is 4.39 Å². The molecule has 0 amide bonds. The molecule has 0 fully saturated rings. The molecule has 0 saturated carbocycles. The number of fused-ring (bicyclic) bond motifs is 1. The molecule has 30 heavy (non-hydrogen) atoms. The van der Waals surface area contributed by atoms with E-state index in [-0.39, 0.29) is 16.9 Å². The molecule has 7 nitrogen and oxygen atoms in total. The molecule has 0 atom stereocenters. The second-order valence-electron chi connectivity index (χ2n) is 6.52. The monoisotopic (exact) mass is 410 g/mol. The van der Waals surface area contributed by atoms with Gasteiger partial charge in [0.25, 0.3) is 0 Å². The molecule has 2 aromatic carbocycles. The van der Waals surface area contributed by atoms with E-state index in [1.807, 2.05) is 0 Å². The molecule has 0 unspecified atom stereocenters. The number of methoxy groups -OCH3 is 1. The number of benzene rings is 2. The van der Waals surface area contributed by atoms with Crippen LogP contribution < -0.4 is 10.1 Å². The minimum atomic E-state index is -1.08. The van der Waals surface area contributed by atoms with Crippen LogP contribution in [0.3, 0.4) is 0 Å². The first-order valence-corrected chi connectivity index (χ1v) is 8.86. The van der Waals surface area contributed by atoms with Crippen LogP contribution in [0.1, 0.15) is 15.9 Å². The van der Waals surface area contributed by atoms with Gasteiger partial charge in [0, 0.05) is 23.6 Å². The van der Waals surface area contributed by atoms with Crippen molar-refractivity contribution >= 4 is 23.1 Å². The SMILES string of the molecule is COc1ccc(-c2cnc3c(Nc4ccc(C(=O)O)c(C)c4)nccn23)c(F)c1F. The average Bonchev–Trinajstić information content (AvgIpc) is 3.15. The van der Waals surface area contributed by atoms with Crippen LogP contribution in [0.2, 0.25) is 0 Å². The van der Waals surface area contributed by atoms with Gasteiger partial charge in [-0.25, -0.2) is 19.2 Å². The molecule has 0 radical (unpaired) electrons. The zero-order valence-corrected chi connectivity index (χ0v) is 16.0. The summed E-state index contributed by atoms with van der Waals surface area (Å²) in [7, 11) is 1.26. The van der Waals surface area contributed by atoms with Crippen molar-refractivity contribution in [2.75, 3.05) is 12.4 Å². The number of hydrogen-bond donors (Lipinski definition) is 2. The Morgan fingerprint density at radius 1 is 1.17 bits per heavy atom. The van der Waals surface area contributed by atoms with Crippen molar-refractivity contribution in [2.45, 2.75) is 6.92 Å². The third-order valence-electron chi connectivity index (χ3n) is 4.69. The lowest BCUT2D eigenvalue weighted by atomic mass is 10.1. The van der Waals surface area contributed by atoms with Gasteiger partial charge in [-0.1, -0.05) is 0 Å². The Hall–Kier alpha value is -4.01. The van der Waals surface area contributed by atoms with Crippen molar-refractivity contribution in [2.24, 2.45) is 0 Å². The van der Waals surface area contributed by atoms with Gasteiger partial charge in [0.15, 0.2) is 23.0 Å². The minimum absolute atomic E-state index is 0.0274. The van der Waals surface area contributed by atoms with Crippen molar-refractivity contribution in [1.82, 2.24) is 14.4 Å². The van der Waals surface area contributed by atoms with Crippen LogP contribution in [0, 0.1) is 18.6 Å². The number of ether oxygens (including phenoxy) is 1. The number of halogens is 2. The summed E-state index contributed by atoms with van der Waals surface area (Å²) in [5.74, 6) is -2.94. The molecule has 152 valence electrons. The number of nitrogens with zero attached hydrogens (tertiary/aromatic N) is 3. The predicted octanol–water partition coefficient (Wildman–Crippen LogP) is 4.43. The number of aromatic nitrogens is 3. The van der Waals surface area contributed by atoms with E-state index < -0.39 is 17.6 Å². The number of nitrogens with one attached hydrogen (secondary N) is 1. The number of carboxylic acids is 1. The predicted molar refractivity (Wildman–Crippen MR) is 106 cm³/mol. The normalized spacial score (nSPS) is 10.9. The summed E-state index contributed by atoms with van der Waals surface area (Å²) in [6.07, 6.45) is 4.51. The maximum atomic E-state index is 14.6. The van der Waals surface area contributed by atoms with Crippen molar-refractivity contribution in [3.05, 3.63) is 71.7 Å². The molecular weight excluding hydrogens is 394 g/mol. The summed E-state index contributed by atoms with van der Waals surface area (Å²) in [5, 5.41) is 12.2. The van der Waals surface area contributed by atoms with Gasteiger partial charge in [0.2, 0.25) is 5.82 Å². The molecule has 4 aromatic rings. The van der Waals surface area contributed by atoms with E-state index in [0.717, 1.165) is 0 Å². The first-order chi connectivity index (χ1) is 14.4. The Kier molecular flexibility index (Phi) is 4.78. The van der Waals surface area contributed by atoms with Crippen LogP contribution in [0.5, 0.6) is 5.75 Å². The third-order valence-corrected chi connectivity index (χ3v) is 4.69. The van der Waals surface area contributed by atoms with Crippen molar-refractivity contribution in [1.29, 1.82) is 0 Å². The Morgan fingerprint density at radius 2 is 1.97 bits per heavy atom. The summed E-state index contributed by atoms with van der Waals surface area (Å²) < 4.78 is 35.1. The largest absolute Gasteiger partial charge is 0.494 e. The van der Waals surface area contributed by atoms with Gasteiger partial charge in [-0.05, 0) is 42.8 Å². The number of aryl methyl sites for hydroxylation is 1. The molecule has 0 saturated heterocycles. The van der Waals surface area contributed by atoms with E-state index in [2.05, 4.69) is 15.3 Å². The maximum absolute atomic E-state index is 14.6. The van der Waals surface area contributed by atoms with Gasteiger partial charge in [0.1, 0.15) is 0 Å². The number of anilines is 2. The Morgan fingerprint density at radius 3 is 2.67 bits per heavy atom. The standard InChI is InChI=1S/C21H16F2N4O3/c1-11-9-12(3-4-13(11)21(28)29)26-19-20-25-10-15(27(20)8-7-24-19)14-5-6-16(30-2)18(23)17(14)22/h3-10H,1-2H3,(H,24,26)(H,28,29). The highest BCUT2D eigenvalue weighted by molar-refractivity contribution is 5.90. The second-order valence-corrected chi connectivity index (χ2v) is 6.52. The zero-order valence-electron chi connectivity index (χ0n) is 16.0. The lowest BCUT2D eigenvalue weighted by Gasteiger charge is -2.10. The Labute approximate surface area is 169 Å². The molecule has 0 aliphatic rings. The molecule has 9 heteroatoms. The van der Waals surface area contributed by atoms with Crippen LogP contribution in [0.4, 0.5) is 20.3 Å². The number of imidazole rings is 1. The smallest absolute Gasteiger partial charge is 0.335 e. The lowest BCUT2D eigenvalue weighted by Crippen LogP contribution is -2.02. The summed E-state index contributed by atoms with van der Waals surface area (Å²) in [4.78, 5) is 19.7. The Balaban J connectivity index is 1.76. The van der Waals surface area contributed by atoms with Gasteiger partial charge in [-0.15, -0.1) is 0 Å². The maximum Gasteiger partial charge on any atom is 0.335 e. The van der Waals surface area contributed by atoms with E-state index in [1.54, 1.807) is 29.7 Å². The number of carboxylic acid groups (broad SMARTS) is 1. The topological polar surface area (TPSA) is 88.8 Å². The van der Waals surface area contributed by atoms with Crippen molar-refractivity contribution < 1.29 is 23.4 Å². The fourth-order valence-electron chi connectivity index (χ4n) is 3.21. The third kappa shape index (κ3) is 3.20. The number of hydrogen-bond acceptors (Lipinski definition) is 5. The molecule has 0 aliphatic carbocycles. The second kappa shape index (κ2) is 7.43. The highest BCUT2D eigenvalue weighted by atomic mass is 19.2. The van der Waals surface area contributed by atoms with Gasteiger partial charge in [0.05, 0.1) is 24.6 Å². The van der Waals surface area contributed by atoms with Gasteiger partial charge >= 0.3 is 5.97 Å². The van der Waals surface area contributed by atoms with E-state index in [1.165, 1.54) is 37.7 Å². The molecule has 2 aromatic heterocycles. The molecule has 4 rings (SSSR count). The van der Waals surface area contributed by atoms with E-state index in [9.17, 15) is 13.6 Å². The van der Waals surface area contributed by atoms with Gasteiger partial charge in [-0.3, -0.25) is 4.40 Å². The van der Waals surface area contributed by atoms with E-state index in [0.29, 0.717) is 28.4 Å². The Bertz CT molecular complexity index is 1290. The number of rotatable bonds is 5. The quantitative estimate of drug-likeness (QED) is 0.506. The van der Waals surface area contributed by atoms with E-state index in [4.69, 9.17) is 9.84 Å². The van der Waals surface area contributed by atoms with Crippen molar-refractivity contribution in [3.8, 4) is 17.0 Å². The van der Waals surface area contributed by atoms with E-state index >= 15 is 0 Å². The molecular formula is C21H16F2N4O3. The lowest BCUT2D eigenvalue weighted by molar-refractivity contribution is 0.0696. The number of carbonyl (C=O) groups is 1. The first kappa shape index (κ1) is 19.3. The summed E-state index contributed by atoms with van der Waals surface area (Å²) in [5.41, 5.74) is 2.16. The van der Waals surface area contributed by atoms with Crippen molar-refractivity contribution in [3.63, 3.8) is 0 Å². The summed E-state index contributed by atoms with van der Waals surface area (Å²) in [6, 6.07) is 7.55.